The van der Waals surface area contributed by atoms with Gasteiger partial charge >= 0.3 is 0 Å². The largest absolute Gasteiger partial charge is 0.493 e. The minimum absolute atomic E-state index is 0.571. The lowest BCUT2D eigenvalue weighted by atomic mass is 9.78. The lowest BCUT2D eigenvalue weighted by Gasteiger charge is -2.30. The molecule has 0 aromatic heterocycles. The van der Waals surface area contributed by atoms with Gasteiger partial charge < -0.3 is 4.74 Å². The van der Waals surface area contributed by atoms with Gasteiger partial charge in [0.1, 0.15) is 5.75 Å². The summed E-state index contributed by atoms with van der Waals surface area (Å²) < 4.78 is 5.95. The Morgan fingerprint density at radius 1 is 1.11 bits per heavy atom. The van der Waals surface area contributed by atoms with Crippen molar-refractivity contribution in [3.8, 4) is 5.75 Å². The summed E-state index contributed by atoms with van der Waals surface area (Å²) in [5.41, 5.74) is 5.45. The van der Waals surface area contributed by atoms with Crippen molar-refractivity contribution in [1.82, 2.24) is 0 Å². The second-order valence-electron chi connectivity index (χ2n) is 5.18. The van der Waals surface area contributed by atoms with E-state index in [4.69, 9.17) is 4.74 Å². The van der Waals surface area contributed by atoms with E-state index in [0.29, 0.717) is 5.92 Å². The van der Waals surface area contributed by atoms with Crippen LogP contribution in [0.25, 0.3) is 0 Å². The van der Waals surface area contributed by atoms with Crippen molar-refractivity contribution < 1.29 is 4.74 Å². The van der Waals surface area contributed by atoms with Crippen molar-refractivity contribution in [2.75, 3.05) is 6.61 Å². The third-order valence-corrected chi connectivity index (χ3v) is 3.73. The van der Waals surface area contributed by atoms with Gasteiger partial charge in [-0.3, -0.25) is 0 Å². The molecule has 18 heavy (non-hydrogen) atoms. The van der Waals surface area contributed by atoms with Crippen LogP contribution < -0.4 is 4.74 Å². The molecular formula is C17H18O. The topological polar surface area (TPSA) is 9.23 Å². The van der Waals surface area contributed by atoms with E-state index >= 15 is 0 Å². The van der Waals surface area contributed by atoms with Crippen LogP contribution in [-0.2, 0) is 6.42 Å². The Labute approximate surface area is 108 Å². The van der Waals surface area contributed by atoms with E-state index in [1.807, 2.05) is 0 Å². The second-order valence-corrected chi connectivity index (χ2v) is 5.18. The minimum Gasteiger partial charge on any atom is -0.493 e. The van der Waals surface area contributed by atoms with Crippen molar-refractivity contribution in [3.05, 3.63) is 64.7 Å². The van der Waals surface area contributed by atoms with Crippen molar-refractivity contribution in [1.29, 1.82) is 0 Å². The molecule has 3 rings (SSSR count). The quantitative estimate of drug-likeness (QED) is 0.784. The number of hydrogen-bond donors (Lipinski definition) is 0. The predicted molar refractivity (Wildman–Crippen MR) is 74.3 cm³/mol. The summed E-state index contributed by atoms with van der Waals surface area (Å²) in [4.78, 5) is 0. The zero-order valence-corrected chi connectivity index (χ0v) is 10.9. The summed E-state index contributed by atoms with van der Waals surface area (Å²) in [7, 11) is 0. The molecule has 0 heterocycles. The molecule has 0 bridgehead atoms. The molecule has 0 amide bonds. The first kappa shape index (κ1) is 11.3. The van der Waals surface area contributed by atoms with Gasteiger partial charge in [-0.2, -0.15) is 0 Å². The lowest BCUT2D eigenvalue weighted by Crippen LogP contribution is -2.23. The van der Waals surface area contributed by atoms with E-state index in [-0.39, 0.29) is 0 Å². The molecule has 0 N–H and O–H groups in total. The summed E-state index contributed by atoms with van der Waals surface area (Å²) >= 11 is 0. The Kier molecular flexibility index (Phi) is 2.83. The molecule has 1 heteroatoms. The molecule has 0 saturated heterocycles. The van der Waals surface area contributed by atoms with Gasteiger partial charge in [-0.1, -0.05) is 42.0 Å². The summed E-state index contributed by atoms with van der Waals surface area (Å²) in [6.45, 7) is 5.01. The van der Waals surface area contributed by atoms with Crippen molar-refractivity contribution in [3.63, 3.8) is 0 Å². The van der Waals surface area contributed by atoms with Gasteiger partial charge in [0.25, 0.3) is 0 Å². The normalized spacial score (nSPS) is 16.9. The predicted octanol–water partition coefficient (Wildman–Crippen LogP) is 4.02. The fourth-order valence-corrected chi connectivity index (χ4v) is 2.66. The molecule has 2 aromatic carbocycles. The van der Waals surface area contributed by atoms with Crippen LogP contribution in [0.5, 0.6) is 5.75 Å². The first-order valence-electron chi connectivity index (χ1n) is 6.52. The van der Waals surface area contributed by atoms with Crippen LogP contribution in [0.4, 0.5) is 0 Å². The first-order chi connectivity index (χ1) is 8.74. The molecule has 0 spiro atoms. The van der Waals surface area contributed by atoms with E-state index in [1.54, 1.807) is 0 Å². The van der Waals surface area contributed by atoms with Crippen LogP contribution in [0.1, 0.15) is 28.2 Å². The summed E-state index contributed by atoms with van der Waals surface area (Å²) in [6.07, 6.45) is 1.15. The summed E-state index contributed by atoms with van der Waals surface area (Å²) in [6, 6.07) is 15.0. The molecule has 1 unspecified atom stereocenters. The first-order valence-corrected chi connectivity index (χ1v) is 6.52. The average molecular weight is 238 g/mol. The second kappa shape index (κ2) is 4.49. The molecule has 1 atom stereocenters. The van der Waals surface area contributed by atoms with Crippen LogP contribution in [0.2, 0.25) is 0 Å². The maximum absolute atomic E-state index is 5.95. The van der Waals surface area contributed by atoms with Gasteiger partial charge in [0, 0.05) is 5.92 Å². The van der Waals surface area contributed by atoms with Crippen LogP contribution >= 0.6 is 0 Å². The minimum atomic E-state index is 0.571. The van der Waals surface area contributed by atoms with E-state index in [1.165, 1.54) is 22.3 Å². The Balaban J connectivity index is 1.66. The molecule has 1 aliphatic rings. The Hall–Kier alpha value is -1.76. The molecule has 0 saturated carbocycles. The van der Waals surface area contributed by atoms with E-state index < -0.39 is 0 Å². The van der Waals surface area contributed by atoms with Crippen LogP contribution in [-0.4, -0.2) is 6.61 Å². The molecule has 0 aliphatic heterocycles. The summed E-state index contributed by atoms with van der Waals surface area (Å²) in [5.74, 6) is 1.59. The SMILES string of the molecule is Cc1ccc(OCC2Cc3ccccc32)c(C)c1. The molecule has 0 radical (unpaired) electrons. The highest BCUT2D eigenvalue weighted by atomic mass is 16.5. The van der Waals surface area contributed by atoms with Crippen molar-refractivity contribution >= 4 is 0 Å². The number of hydrogen-bond acceptors (Lipinski definition) is 1. The van der Waals surface area contributed by atoms with Crippen LogP contribution in [0.3, 0.4) is 0 Å². The molecule has 0 fully saturated rings. The Bertz CT molecular complexity index is 572. The maximum atomic E-state index is 5.95. The number of ether oxygens (including phenoxy) is 1. The summed E-state index contributed by atoms with van der Waals surface area (Å²) in [5, 5.41) is 0. The van der Waals surface area contributed by atoms with Crippen LogP contribution in [0.15, 0.2) is 42.5 Å². The Morgan fingerprint density at radius 2 is 1.94 bits per heavy atom. The highest BCUT2D eigenvalue weighted by molar-refractivity contribution is 5.41. The third-order valence-electron chi connectivity index (χ3n) is 3.73. The zero-order chi connectivity index (χ0) is 12.5. The van der Waals surface area contributed by atoms with E-state index in [0.717, 1.165) is 18.8 Å². The molecule has 1 aliphatic carbocycles. The number of rotatable bonds is 3. The molecular weight excluding hydrogens is 220 g/mol. The average Bonchev–Trinajstić information content (AvgIpc) is 2.33. The van der Waals surface area contributed by atoms with Gasteiger partial charge in [-0.15, -0.1) is 0 Å². The smallest absolute Gasteiger partial charge is 0.122 e. The zero-order valence-electron chi connectivity index (χ0n) is 10.9. The van der Waals surface area contributed by atoms with Gasteiger partial charge in [-0.05, 0) is 43.0 Å². The van der Waals surface area contributed by atoms with Crippen molar-refractivity contribution in [2.45, 2.75) is 26.2 Å². The van der Waals surface area contributed by atoms with Crippen LogP contribution in [0, 0.1) is 13.8 Å². The number of aryl methyl sites for hydroxylation is 2. The monoisotopic (exact) mass is 238 g/mol. The number of benzene rings is 2. The fourth-order valence-electron chi connectivity index (χ4n) is 2.66. The maximum Gasteiger partial charge on any atom is 0.122 e. The molecule has 92 valence electrons. The fraction of sp³-hybridized carbons (Fsp3) is 0.294. The van der Waals surface area contributed by atoms with Crippen molar-refractivity contribution in [2.24, 2.45) is 0 Å². The van der Waals surface area contributed by atoms with Gasteiger partial charge in [0.2, 0.25) is 0 Å². The van der Waals surface area contributed by atoms with E-state index in [2.05, 4.69) is 56.3 Å². The van der Waals surface area contributed by atoms with Gasteiger partial charge in [0.05, 0.1) is 6.61 Å². The van der Waals surface area contributed by atoms with Gasteiger partial charge in [-0.25, -0.2) is 0 Å². The molecule has 2 aromatic rings. The lowest BCUT2D eigenvalue weighted by molar-refractivity contribution is 0.273. The third kappa shape index (κ3) is 2.01. The molecule has 1 nitrogen and oxygen atoms in total. The highest BCUT2D eigenvalue weighted by Crippen LogP contribution is 2.35. The van der Waals surface area contributed by atoms with E-state index in [9.17, 15) is 0 Å². The Morgan fingerprint density at radius 3 is 2.72 bits per heavy atom. The number of fused-ring (bicyclic) bond motifs is 1. The van der Waals surface area contributed by atoms with Gasteiger partial charge in [0.15, 0.2) is 0 Å². The highest BCUT2D eigenvalue weighted by Gasteiger charge is 2.25. The standard InChI is InChI=1S/C17H18O/c1-12-7-8-17(13(2)9-12)18-11-15-10-14-5-3-4-6-16(14)15/h3-9,15H,10-11H2,1-2H3.